The van der Waals surface area contributed by atoms with Crippen molar-refractivity contribution in [1.29, 1.82) is 0 Å². The lowest BCUT2D eigenvalue weighted by molar-refractivity contribution is 0.0232. The molecule has 0 nitrogen and oxygen atoms in total. The van der Waals surface area contributed by atoms with Crippen molar-refractivity contribution >= 4 is 9.24 Å². The zero-order chi connectivity index (χ0) is 12.9. The van der Waals surface area contributed by atoms with Gasteiger partial charge in [0.05, 0.1) is 0 Å². The quantitative estimate of drug-likeness (QED) is 0.589. The molecule has 4 rings (SSSR count). The van der Waals surface area contributed by atoms with Gasteiger partial charge in [-0.1, -0.05) is 0 Å². The lowest BCUT2D eigenvalue weighted by Crippen LogP contribution is -2.39. The van der Waals surface area contributed by atoms with Gasteiger partial charge in [-0.05, 0) is 112 Å². The predicted octanol–water partition coefficient (Wildman–Crippen LogP) is 5.42. The largest absolute Gasteiger partial charge is 0.138 e. The van der Waals surface area contributed by atoms with Crippen LogP contribution in [0.3, 0.4) is 0 Å². The van der Waals surface area contributed by atoms with E-state index >= 15 is 0 Å². The molecule has 1 atom stereocenters. The van der Waals surface area contributed by atoms with Gasteiger partial charge in [-0.3, -0.25) is 0 Å². The normalized spacial score (nSPS) is 49.1. The average molecular weight is 278 g/mol. The Hall–Kier alpha value is 0.430. The molecule has 0 amide bonds. The van der Waals surface area contributed by atoms with Gasteiger partial charge >= 0.3 is 0 Å². The summed E-state index contributed by atoms with van der Waals surface area (Å²) in [6, 6.07) is 0. The summed E-state index contributed by atoms with van der Waals surface area (Å²) in [5.74, 6) is 3.38. The summed E-state index contributed by atoms with van der Waals surface area (Å²) in [6.45, 7) is 0. The van der Waals surface area contributed by atoms with Crippen molar-refractivity contribution in [3.63, 3.8) is 0 Å². The molecule has 0 saturated heterocycles. The summed E-state index contributed by atoms with van der Waals surface area (Å²) < 4.78 is 0. The van der Waals surface area contributed by atoms with Gasteiger partial charge in [0.2, 0.25) is 0 Å². The Morgan fingerprint density at radius 3 is 1.63 bits per heavy atom. The molecule has 4 aliphatic rings. The van der Waals surface area contributed by atoms with E-state index in [0.29, 0.717) is 0 Å². The SMILES string of the molecule is PCCCC(C12CCC(CC1)C2)C12CCC(CC1)C2. The van der Waals surface area contributed by atoms with Crippen LogP contribution in [0.25, 0.3) is 0 Å². The molecule has 0 heterocycles. The first-order valence-electron chi connectivity index (χ1n) is 8.96. The summed E-state index contributed by atoms with van der Waals surface area (Å²) in [4.78, 5) is 0. The maximum atomic E-state index is 2.97. The van der Waals surface area contributed by atoms with Crippen molar-refractivity contribution in [1.82, 2.24) is 0 Å². The van der Waals surface area contributed by atoms with Crippen LogP contribution < -0.4 is 0 Å². The third-order valence-electron chi connectivity index (χ3n) is 7.77. The predicted molar refractivity (Wildman–Crippen MR) is 85.3 cm³/mol. The van der Waals surface area contributed by atoms with Gasteiger partial charge in [0.15, 0.2) is 0 Å². The lowest BCUT2D eigenvalue weighted by Gasteiger charge is -2.47. The molecule has 108 valence electrons. The highest BCUT2D eigenvalue weighted by Crippen LogP contribution is 2.69. The molecule has 0 aromatic carbocycles. The molecule has 1 heteroatoms. The summed E-state index contributed by atoms with van der Waals surface area (Å²) >= 11 is 0. The molecule has 0 N–H and O–H groups in total. The monoisotopic (exact) mass is 278 g/mol. The van der Waals surface area contributed by atoms with Gasteiger partial charge in [0.25, 0.3) is 0 Å². The maximum Gasteiger partial charge on any atom is -0.0261 e. The molecule has 19 heavy (non-hydrogen) atoms. The van der Waals surface area contributed by atoms with Crippen LogP contribution in [-0.2, 0) is 0 Å². The van der Waals surface area contributed by atoms with Crippen LogP contribution in [0.4, 0.5) is 0 Å². The van der Waals surface area contributed by atoms with Gasteiger partial charge in [0, 0.05) is 0 Å². The Morgan fingerprint density at radius 1 is 0.842 bits per heavy atom. The van der Waals surface area contributed by atoms with Crippen molar-refractivity contribution in [3.8, 4) is 0 Å². The molecule has 4 bridgehead atoms. The zero-order valence-corrected chi connectivity index (χ0v) is 13.7. The third-order valence-corrected chi connectivity index (χ3v) is 8.18. The molecule has 0 aliphatic heterocycles. The topological polar surface area (TPSA) is 0 Å². The Balaban J connectivity index is 1.61. The molecular weight excluding hydrogens is 247 g/mol. The van der Waals surface area contributed by atoms with E-state index < -0.39 is 0 Å². The molecule has 0 spiro atoms. The Morgan fingerprint density at radius 2 is 1.32 bits per heavy atom. The summed E-state index contributed by atoms with van der Waals surface area (Å²) in [6.07, 6.45) is 20.3. The summed E-state index contributed by atoms with van der Waals surface area (Å²) in [5, 5.41) is 0. The van der Waals surface area contributed by atoms with Crippen molar-refractivity contribution in [2.45, 2.75) is 77.0 Å². The molecule has 4 fully saturated rings. The fourth-order valence-electron chi connectivity index (χ4n) is 7.04. The fraction of sp³-hybridized carbons (Fsp3) is 1.00. The van der Waals surface area contributed by atoms with E-state index in [1.807, 2.05) is 0 Å². The fourth-order valence-corrected chi connectivity index (χ4v) is 7.27. The van der Waals surface area contributed by atoms with Crippen LogP contribution in [-0.4, -0.2) is 6.16 Å². The first-order valence-corrected chi connectivity index (χ1v) is 9.78. The maximum absolute atomic E-state index is 2.97. The van der Waals surface area contributed by atoms with E-state index in [4.69, 9.17) is 0 Å². The van der Waals surface area contributed by atoms with Gasteiger partial charge in [-0.15, -0.1) is 9.24 Å². The molecule has 0 aromatic rings. The van der Waals surface area contributed by atoms with E-state index in [-0.39, 0.29) is 0 Å². The molecular formula is C18H31P. The Labute approximate surface area is 121 Å². The molecule has 0 radical (unpaired) electrons. The highest BCUT2D eigenvalue weighted by atomic mass is 31.0. The minimum absolute atomic E-state index is 0.823. The molecule has 1 unspecified atom stereocenters. The smallest absolute Gasteiger partial charge is 0.0261 e. The van der Waals surface area contributed by atoms with Crippen molar-refractivity contribution in [2.24, 2.45) is 28.6 Å². The van der Waals surface area contributed by atoms with Crippen molar-refractivity contribution in [2.75, 3.05) is 6.16 Å². The van der Waals surface area contributed by atoms with Crippen LogP contribution in [0.2, 0.25) is 0 Å². The average Bonchev–Trinajstić information content (AvgIpc) is 3.19. The van der Waals surface area contributed by atoms with E-state index in [2.05, 4.69) is 9.24 Å². The first kappa shape index (κ1) is 13.1. The van der Waals surface area contributed by atoms with Crippen LogP contribution in [0.15, 0.2) is 0 Å². The van der Waals surface area contributed by atoms with Gasteiger partial charge in [-0.25, -0.2) is 0 Å². The number of hydrogen-bond donors (Lipinski definition) is 0. The van der Waals surface area contributed by atoms with Crippen LogP contribution in [0, 0.1) is 28.6 Å². The van der Waals surface area contributed by atoms with Crippen molar-refractivity contribution in [3.05, 3.63) is 0 Å². The minimum atomic E-state index is 0.823. The van der Waals surface area contributed by atoms with Gasteiger partial charge in [0.1, 0.15) is 0 Å². The molecule has 4 aliphatic carbocycles. The molecule has 4 saturated carbocycles. The van der Waals surface area contributed by atoms with E-state index in [0.717, 1.165) is 28.6 Å². The Bertz CT molecular complexity index is 302. The highest BCUT2D eigenvalue weighted by Gasteiger charge is 2.58. The summed E-state index contributed by atoms with van der Waals surface area (Å²) in [5.41, 5.74) is 1.65. The first-order chi connectivity index (χ1) is 9.26. The summed E-state index contributed by atoms with van der Waals surface area (Å²) in [7, 11) is 2.97. The van der Waals surface area contributed by atoms with Crippen LogP contribution in [0.1, 0.15) is 77.0 Å². The number of hydrogen-bond acceptors (Lipinski definition) is 0. The number of fused-ring (bicyclic) bond motifs is 4. The van der Waals surface area contributed by atoms with Gasteiger partial charge < -0.3 is 0 Å². The lowest BCUT2D eigenvalue weighted by atomic mass is 9.58. The second-order valence-electron chi connectivity index (χ2n) is 8.50. The highest BCUT2D eigenvalue weighted by molar-refractivity contribution is 7.16. The number of rotatable bonds is 5. The van der Waals surface area contributed by atoms with E-state index in [1.165, 1.54) is 12.6 Å². The second kappa shape index (κ2) is 4.72. The third kappa shape index (κ3) is 1.96. The van der Waals surface area contributed by atoms with E-state index in [9.17, 15) is 0 Å². The zero-order valence-electron chi connectivity index (χ0n) is 12.5. The second-order valence-corrected chi connectivity index (χ2v) is 9.08. The standard InChI is InChI=1S/C18H31P/c19-11-1-2-16(17-7-3-14(12-17)4-8-17)18-9-5-15(13-18)6-10-18/h14-16H,1-13,19H2. The van der Waals surface area contributed by atoms with Gasteiger partial charge in [-0.2, -0.15) is 0 Å². The minimum Gasteiger partial charge on any atom is -0.138 e. The molecule has 0 aromatic heterocycles. The van der Waals surface area contributed by atoms with Crippen LogP contribution >= 0.6 is 9.24 Å². The Kier molecular flexibility index (Phi) is 3.26. The van der Waals surface area contributed by atoms with Crippen LogP contribution in [0.5, 0.6) is 0 Å². The van der Waals surface area contributed by atoms with Crippen molar-refractivity contribution < 1.29 is 0 Å². The van der Waals surface area contributed by atoms with E-state index in [1.54, 1.807) is 70.6 Å².